The van der Waals surface area contributed by atoms with Gasteiger partial charge in [-0.05, 0) is 91.3 Å². The third-order valence-electron chi connectivity index (χ3n) is 7.27. The van der Waals surface area contributed by atoms with Crippen molar-refractivity contribution in [3.05, 3.63) is 20.8 Å². The highest BCUT2D eigenvalue weighted by Crippen LogP contribution is 2.60. The summed E-state index contributed by atoms with van der Waals surface area (Å²) in [5, 5.41) is 2.81. The zero-order valence-electron chi connectivity index (χ0n) is 15.3. The second-order valence-electron chi connectivity index (χ2n) is 9.17. The van der Waals surface area contributed by atoms with Crippen LogP contribution in [-0.2, 0) is 15.1 Å². The maximum absolute atomic E-state index is 13.3. The number of nitrogens with zero attached hydrogens (tertiary/aromatic N) is 1. The molecule has 0 aromatic carbocycles. The molecule has 1 aliphatic heterocycles. The Morgan fingerprint density at radius 1 is 1.19 bits per heavy atom. The van der Waals surface area contributed by atoms with Crippen LogP contribution >= 0.6 is 27.3 Å². The summed E-state index contributed by atoms with van der Waals surface area (Å²) in [6.07, 6.45) is 6.66. The fourth-order valence-corrected chi connectivity index (χ4v) is 7.83. The van der Waals surface area contributed by atoms with Crippen LogP contribution in [0, 0.1) is 23.2 Å². The molecule has 7 heteroatoms. The molecule has 1 unspecified atom stereocenters. The number of carbonyl (C=O) groups is 3. The van der Waals surface area contributed by atoms with E-state index in [1.807, 2.05) is 12.1 Å². The molecule has 1 saturated heterocycles. The highest BCUT2D eigenvalue weighted by atomic mass is 79.9. The molecule has 4 saturated carbocycles. The molecule has 0 radical (unpaired) electrons. The maximum Gasteiger partial charge on any atom is 0.325 e. The van der Waals surface area contributed by atoms with Crippen LogP contribution in [0.4, 0.5) is 4.79 Å². The van der Waals surface area contributed by atoms with E-state index < -0.39 is 11.6 Å². The first kappa shape index (κ1) is 17.9. The number of ketones is 1. The number of carbonyl (C=O) groups excluding carboxylic acids is 3. The van der Waals surface area contributed by atoms with Gasteiger partial charge in [0.15, 0.2) is 11.3 Å². The molecule has 3 amide bonds. The summed E-state index contributed by atoms with van der Waals surface area (Å²) in [4.78, 5) is 40.9. The third kappa shape index (κ3) is 2.64. The van der Waals surface area contributed by atoms with Crippen LogP contribution in [0.5, 0.6) is 0 Å². The van der Waals surface area contributed by atoms with Gasteiger partial charge in [0.2, 0.25) is 0 Å². The highest BCUT2D eigenvalue weighted by molar-refractivity contribution is 9.11. The van der Waals surface area contributed by atoms with Gasteiger partial charge in [-0.1, -0.05) is 0 Å². The minimum absolute atomic E-state index is 0.0844. The van der Waals surface area contributed by atoms with Crippen molar-refractivity contribution < 1.29 is 14.4 Å². The largest absolute Gasteiger partial charge is 0.325 e. The molecule has 1 N–H and O–H groups in total. The molecule has 4 aliphatic carbocycles. The second-order valence-corrected chi connectivity index (χ2v) is 11.6. The standard InChI is InChI=1S/C20H23BrN2O3S/c1-19(15-2-3-16(21)27-15)17(25)23(18(26)22-19)10-14(24)20-7-11-4-12(8-20)6-13(5-11)9-20/h2-3,11-13H,4-10H2,1H3,(H,22,26). The van der Waals surface area contributed by atoms with Crippen molar-refractivity contribution in [2.24, 2.45) is 23.2 Å². The van der Waals surface area contributed by atoms with Crippen molar-refractivity contribution in [2.75, 3.05) is 6.54 Å². The summed E-state index contributed by atoms with van der Waals surface area (Å²) in [7, 11) is 0. The molecule has 5 aliphatic rings. The number of Topliss-reactive ketones (excluding diaryl/α,β-unsaturated/α-hetero) is 1. The quantitative estimate of drug-likeness (QED) is 0.703. The van der Waals surface area contributed by atoms with Crippen molar-refractivity contribution in [2.45, 2.75) is 51.0 Å². The average Bonchev–Trinajstić information content (AvgIpc) is 3.12. The number of thiophene rings is 1. The Morgan fingerprint density at radius 2 is 1.78 bits per heavy atom. The monoisotopic (exact) mass is 450 g/mol. The molecule has 1 aromatic rings. The van der Waals surface area contributed by atoms with E-state index >= 15 is 0 Å². The first-order valence-corrected chi connectivity index (χ1v) is 11.3. The SMILES string of the molecule is CC1(c2ccc(Br)s2)NC(=O)N(CC(=O)C23CC4CC(CC(C4)C2)C3)C1=O. The lowest BCUT2D eigenvalue weighted by atomic mass is 9.48. The summed E-state index contributed by atoms with van der Waals surface area (Å²) in [6.45, 7) is 1.64. The van der Waals surface area contributed by atoms with Crippen molar-refractivity contribution in [1.29, 1.82) is 0 Å². The lowest BCUT2D eigenvalue weighted by molar-refractivity contribution is -0.147. The van der Waals surface area contributed by atoms with Crippen LogP contribution in [0.25, 0.3) is 0 Å². The highest BCUT2D eigenvalue weighted by Gasteiger charge is 2.56. The Bertz CT molecular complexity index is 815. The van der Waals surface area contributed by atoms with Crippen LogP contribution in [0.3, 0.4) is 0 Å². The van der Waals surface area contributed by atoms with E-state index in [0.29, 0.717) is 17.8 Å². The minimum Gasteiger partial charge on any atom is -0.319 e. The van der Waals surface area contributed by atoms with Gasteiger partial charge in [-0.2, -0.15) is 0 Å². The maximum atomic E-state index is 13.3. The number of rotatable bonds is 4. The molecule has 5 fully saturated rings. The number of hydrogen-bond acceptors (Lipinski definition) is 4. The minimum atomic E-state index is -1.09. The number of urea groups is 1. The van der Waals surface area contributed by atoms with Gasteiger partial charge in [0.05, 0.1) is 10.3 Å². The zero-order chi connectivity index (χ0) is 19.0. The fourth-order valence-electron chi connectivity index (χ4n) is 6.35. The Labute approximate surface area is 171 Å². The van der Waals surface area contributed by atoms with Gasteiger partial charge in [0.25, 0.3) is 5.91 Å². The van der Waals surface area contributed by atoms with E-state index in [-0.39, 0.29) is 23.7 Å². The van der Waals surface area contributed by atoms with Gasteiger partial charge in [-0.25, -0.2) is 4.79 Å². The molecular weight excluding hydrogens is 428 g/mol. The molecular formula is C20H23BrN2O3S. The normalized spacial score (nSPS) is 39.9. The first-order valence-electron chi connectivity index (χ1n) is 9.72. The van der Waals surface area contributed by atoms with E-state index in [1.165, 1.54) is 30.6 Å². The zero-order valence-corrected chi connectivity index (χ0v) is 17.7. The number of imide groups is 1. The van der Waals surface area contributed by atoms with E-state index in [1.54, 1.807) is 6.92 Å². The second kappa shape index (κ2) is 5.89. The number of hydrogen-bond donors (Lipinski definition) is 1. The van der Waals surface area contributed by atoms with Crippen LogP contribution in [0.15, 0.2) is 15.9 Å². The molecule has 2 heterocycles. The molecule has 6 rings (SSSR count). The molecule has 1 aromatic heterocycles. The van der Waals surface area contributed by atoms with Crippen molar-refractivity contribution in [1.82, 2.24) is 10.2 Å². The van der Waals surface area contributed by atoms with Crippen LogP contribution in [-0.4, -0.2) is 29.2 Å². The summed E-state index contributed by atoms with van der Waals surface area (Å²) >= 11 is 4.84. The Hall–Kier alpha value is -1.21. The van der Waals surface area contributed by atoms with Gasteiger partial charge >= 0.3 is 6.03 Å². The number of halogens is 1. The average molecular weight is 451 g/mol. The summed E-state index contributed by atoms with van der Waals surface area (Å²) in [5.74, 6) is 1.77. The van der Waals surface area contributed by atoms with Gasteiger partial charge in [0.1, 0.15) is 0 Å². The van der Waals surface area contributed by atoms with Crippen molar-refractivity contribution >= 4 is 45.0 Å². The summed E-state index contributed by atoms with van der Waals surface area (Å²) < 4.78 is 0.906. The first-order chi connectivity index (χ1) is 12.8. The lowest BCUT2D eigenvalue weighted by Gasteiger charge is -2.56. The molecule has 5 nitrogen and oxygen atoms in total. The number of nitrogens with one attached hydrogen (secondary N) is 1. The van der Waals surface area contributed by atoms with Gasteiger partial charge in [-0.15, -0.1) is 11.3 Å². The molecule has 27 heavy (non-hydrogen) atoms. The van der Waals surface area contributed by atoms with Gasteiger partial charge in [-0.3, -0.25) is 14.5 Å². The van der Waals surface area contributed by atoms with E-state index in [0.717, 1.165) is 32.8 Å². The summed E-state index contributed by atoms with van der Waals surface area (Å²) in [6, 6.07) is 3.26. The molecule has 0 spiro atoms. The van der Waals surface area contributed by atoms with Crippen LogP contribution in [0.1, 0.15) is 50.3 Å². The van der Waals surface area contributed by atoms with Crippen molar-refractivity contribution in [3.8, 4) is 0 Å². The van der Waals surface area contributed by atoms with E-state index in [9.17, 15) is 14.4 Å². The van der Waals surface area contributed by atoms with E-state index in [4.69, 9.17) is 0 Å². The molecule has 144 valence electrons. The van der Waals surface area contributed by atoms with Crippen LogP contribution in [0.2, 0.25) is 0 Å². The predicted octanol–water partition coefficient (Wildman–Crippen LogP) is 4.06. The predicted molar refractivity (Wildman–Crippen MR) is 105 cm³/mol. The summed E-state index contributed by atoms with van der Waals surface area (Å²) in [5.41, 5.74) is -1.38. The number of amides is 3. The lowest BCUT2D eigenvalue weighted by Crippen LogP contribution is -2.53. The van der Waals surface area contributed by atoms with Crippen LogP contribution < -0.4 is 5.32 Å². The van der Waals surface area contributed by atoms with E-state index in [2.05, 4.69) is 21.2 Å². The Kier molecular flexibility index (Phi) is 3.90. The van der Waals surface area contributed by atoms with Gasteiger partial charge < -0.3 is 5.32 Å². The topological polar surface area (TPSA) is 66.5 Å². The Morgan fingerprint density at radius 3 is 2.30 bits per heavy atom. The van der Waals surface area contributed by atoms with Gasteiger partial charge in [0, 0.05) is 10.3 Å². The molecule has 1 atom stereocenters. The Balaban J connectivity index is 1.37. The third-order valence-corrected chi connectivity index (χ3v) is 9.12. The smallest absolute Gasteiger partial charge is 0.319 e. The fraction of sp³-hybridized carbons (Fsp3) is 0.650. The molecule has 4 bridgehead atoms. The van der Waals surface area contributed by atoms with Crippen molar-refractivity contribution in [3.63, 3.8) is 0 Å².